The molecule has 4 fully saturated rings. The monoisotopic (exact) mass is 281 g/mol. The summed E-state index contributed by atoms with van der Waals surface area (Å²) >= 11 is 0. The van der Waals surface area contributed by atoms with Crippen LogP contribution in [0.1, 0.15) is 40.0 Å². The van der Waals surface area contributed by atoms with E-state index in [4.69, 9.17) is 9.47 Å². The molecule has 0 radical (unpaired) electrons. The summed E-state index contributed by atoms with van der Waals surface area (Å²) in [6.45, 7) is 8.39. The minimum atomic E-state index is -0.741. The van der Waals surface area contributed by atoms with Crippen LogP contribution in [0.5, 0.6) is 0 Å². The Balaban J connectivity index is 1.74. The van der Waals surface area contributed by atoms with Crippen LogP contribution >= 0.6 is 0 Å². The Morgan fingerprint density at radius 3 is 2.50 bits per heavy atom. The van der Waals surface area contributed by atoms with Crippen LogP contribution in [0.2, 0.25) is 0 Å². The normalized spacial score (nSPS) is 40.0. The summed E-state index contributed by atoms with van der Waals surface area (Å²) < 4.78 is 11.0. The lowest BCUT2D eigenvalue weighted by atomic mass is 9.72. The van der Waals surface area contributed by atoms with Crippen molar-refractivity contribution in [1.82, 2.24) is 4.90 Å². The zero-order valence-corrected chi connectivity index (χ0v) is 12.5. The van der Waals surface area contributed by atoms with E-state index in [1.807, 2.05) is 20.8 Å². The van der Waals surface area contributed by atoms with E-state index in [2.05, 4.69) is 4.90 Å². The second-order valence-electron chi connectivity index (χ2n) is 7.33. The highest BCUT2D eigenvalue weighted by Gasteiger charge is 2.58. The fraction of sp³-hybridized carbons (Fsp3) is 0.867. The number of nitrogens with zero attached hydrogens (tertiary/aromatic N) is 1. The van der Waals surface area contributed by atoms with E-state index in [9.17, 15) is 9.59 Å². The maximum absolute atomic E-state index is 12.2. The summed E-state index contributed by atoms with van der Waals surface area (Å²) in [7, 11) is 0. The van der Waals surface area contributed by atoms with Gasteiger partial charge in [0.1, 0.15) is 11.2 Å². The molecular formula is C15H23NO4. The molecule has 1 spiro atoms. The standard InChI is InChI=1S/C15H23NO4/c1-14(2,3)19-12(17)11-8-15(20-13(11)18)9-16-6-4-10(15)5-7-16/h10-11H,4-9H2,1-3H3/t11-,15-/m1/s1. The average molecular weight is 281 g/mol. The molecule has 0 aromatic heterocycles. The third-order valence-electron chi connectivity index (χ3n) is 4.65. The number of carbonyl (C=O) groups excluding carboxylic acids is 2. The third-order valence-corrected chi connectivity index (χ3v) is 4.65. The first kappa shape index (κ1) is 13.9. The van der Waals surface area contributed by atoms with E-state index in [0.29, 0.717) is 12.3 Å². The van der Waals surface area contributed by atoms with Crippen molar-refractivity contribution in [2.45, 2.75) is 51.2 Å². The van der Waals surface area contributed by atoms with Crippen molar-refractivity contribution in [1.29, 1.82) is 0 Å². The molecule has 0 N–H and O–H groups in total. The summed E-state index contributed by atoms with van der Waals surface area (Å²) in [6, 6.07) is 0. The molecule has 2 atom stereocenters. The molecule has 2 bridgehead atoms. The van der Waals surface area contributed by atoms with Crippen LogP contribution in [0.4, 0.5) is 0 Å². The lowest BCUT2D eigenvalue weighted by molar-refractivity contribution is -0.170. The molecule has 4 aliphatic heterocycles. The molecule has 4 heterocycles. The predicted octanol–water partition coefficient (Wildman–Crippen LogP) is 1.36. The van der Waals surface area contributed by atoms with Crippen LogP contribution in [-0.2, 0) is 19.1 Å². The van der Waals surface area contributed by atoms with Crippen LogP contribution in [0.15, 0.2) is 0 Å². The van der Waals surface area contributed by atoms with Crippen LogP contribution in [0.3, 0.4) is 0 Å². The second kappa shape index (κ2) is 4.45. The van der Waals surface area contributed by atoms with Gasteiger partial charge in [0.25, 0.3) is 0 Å². The van der Waals surface area contributed by atoms with Crippen molar-refractivity contribution < 1.29 is 19.1 Å². The summed E-state index contributed by atoms with van der Waals surface area (Å²) in [6.07, 6.45) is 2.62. The molecule has 5 nitrogen and oxygen atoms in total. The third kappa shape index (κ3) is 2.32. The molecule has 0 amide bonds. The van der Waals surface area contributed by atoms with E-state index in [-0.39, 0.29) is 0 Å². The Labute approximate surface area is 119 Å². The zero-order valence-electron chi connectivity index (χ0n) is 12.5. The molecule has 4 aliphatic rings. The first-order chi connectivity index (χ1) is 9.29. The minimum absolute atomic E-state index is 0.395. The van der Waals surface area contributed by atoms with Crippen molar-refractivity contribution in [2.24, 2.45) is 11.8 Å². The van der Waals surface area contributed by atoms with Gasteiger partial charge in [0.15, 0.2) is 5.92 Å². The number of fused-ring (bicyclic) bond motifs is 2. The maximum atomic E-state index is 12.2. The fourth-order valence-electron chi connectivity index (χ4n) is 3.77. The fourth-order valence-corrected chi connectivity index (χ4v) is 3.77. The Bertz CT molecular complexity index is 434. The van der Waals surface area contributed by atoms with Gasteiger partial charge in [-0.15, -0.1) is 0 Å². The van der Waals surface area contributed by atoms with Crippen LogP contribution in [0, 0.1) is 11.8 Å². The summed E-state index contributed by atoms with van der Waals surface area (Å²) in [5.74, 6) is -1.16. The van der Waals surface area contributed by atoms with Gasteiger partial charge in [-0.2, -0.15) is 0 Å². The number of ether oxygens (including phenoxy) is 2. The predicted molar refractivity (Wildman–Crippen MR) is 71.9 cm³/mol. The lowest BCUT2D eigenvalue weighted by Gasteiger charge is -2.50. The Morgan fingerprint density at radius 1 is 1.35 bits per heavy atom. The van der Waals surface area contributed by atoms with E-state index >= 15 is 0 Å². The van der Waals surface area contributed by atoms with Crippen molar-refractivity contribution in [3.8, 4) is 0 Å². The molecule has 4 rings (SSSR count). The average Bonchev–Trinajstić information content (AvgIpc) is 2.65. The quantitative estimate of drug-likeness (QED) is 0.536. The van der Waals surface area contributed by atoms with Crippen molar-refractivity contribution >= 4 is 11.9 Å². The number of hydrogen-bond donors (Lipinski definition) is 0. The molecule has 0 aromatic carbocycles. The topological polar surface area (TPSA) is 55.8 Å². The summed E-state index contributed by atoms with van der Waals surface area (Å²) in [4.78, 5) is 26.6. The van der Waals surface area contributed by atoms with Crippen molar-refractivity contribution in [3.05, 3.63) is 0 Å². The molecular weight excluding hydrogens is 258 g/mol. The highest BCUT2D eigenvalue weighted by Crippen LogP contribution is 2.46. The minimum Gasteiger partial charge on any atom is -0.459 e. The summed E-state index contributed by atoms with van der Waals surface area (Å²) in [5, 5.41) is 0. The largest absolute Gasteiger partial charge is 0.459 e. The van der Waals surface area contributed by atoms with Gasteiger partial charge in [0.2, 0.25) is 0 Å². The number of rotatable bonds is 1. The second-order valence-corrected chi connectivity index (χ2v) is 7.33. The SMILES string of the molecule is CC(C)(C)OC(=O)[C@H]1C[C@]2(CN3CCC2CC3)OC1=O. The first-order valence-electron chi connectivity index (χ1n) is 7.47. The van der Waals surface area contributed by atoms with Gasteiger partial charge in [-0.05, 0) is 46.7 Å². The van der Waals surface area contributed by atoms with Gasteiger partial charge >= 0.3 is 11.9 Å². The molecule has 0 saturated carbocycles. The van der Waals surface area contributed by atoms with Crippen molar-refractivity contribution in [2.75, 3.05) is 19.6 Å². The van der Waals surface area contributed by atoms with E-state index in [1.165, 1.54) is 0 Å². The molecule has 0 aliphatic carbocycles. The number of hydrogen-bond acceptors (Lipinski definition) is 5. The maximum Gasteiger partial charge on any atom is 0.321 e. The van der Waals surface area contributed by atoms with Gasteiger partial charge in [0.05, 0.1) is 0 Å². The van der Waals surface area contributed by atoms with Crippen LogP contribution in [0.25, 0.3) is 0 Å². The van der Waals surface area contributed by atoms with E-state index < -0.39 is 29.1 Å². The molecule has 5 heteroatoms. The molecule has 20 heavy (non-hydrogen) atoms. The Kier molecular flexibility index (Phi) is 3.08. The van der Waals surface area contributed by atoms with E-state index in [1.54, 1.807) is 0 Å². The van der Waals surface area contributed by atoms with Gasteiger partial charge in [0, 0.05) is 18.9 Å². The number of carbonyl (C=O) groups is 2. The molecule has 0 aromatic rings. The molecule has 0 unspecified atom stereocenters. The number of piperidine rings is 3. The highest BCUT2D eigenvalue weighted by atomic mass is 16.6. The highest BCUT2D eigenvalue weighted by molar-refractivity contribution is 5.96. The Morgan fingerprint density at radius 2 is 2.00 bits per heavy atom. The zero-order chi connectivity index (χ0) is 14.5. The number of esters is 2. The molecule has 112 valence electrons. The van der Waals surface area contributed by atoms with Crippen LogP contribution in [-0.4, -0.2) is 47.7 Å². The van der Waals surface area contributed by atoms with Crippen molar-refractivity contribution in [3.63, 3.8) is 0 Å². The smallest absolute Gasteiger partial charge is 0.321 e. The first-order valence-corrected chi connectivity index (χ1v) is 7.47. The van der Waals surface area contributed by atoms with Gasteiger partial charge in [-0.3, -0.25) is 14.5 Å². The van der Waals surface area contributed by atoms with Crippen LogP contribution < -0.4 is 0 Å². The Hall–Kier alpha value is -1.10. The summed E-state index contributed by atoms with van der Waals surface area (Å²) in [5.41, 5.74) is -1.00. The van der Waals surface area contributed by atoms with Gasteiger partial charge in [-0.1, -0.05) is 0 Å². The lowest BCUT2D eigenvalue weighted by Crippen LogP contribution is -2.59. The van der Waals surface area contributed by atoms with Gasteiger partial charge in [-0.25, -0.2) is 0 Å². The van der Waals surface area contributed by atoms with Gasteiger partial charge < -0.3 is 9.47 Å². The van der Waals surface area contributed by atoms with E-state index in [0.717, 1.165) is 32.5 Å². The molecule has 4 saturated heterocycles.